The maximum atomic E-state index is 12.1. The zero-order valence-electron chi connectivity index (χ0n) is 5.69. The van der Waals surface area contributed by atoms with E-state index in [0.29, 0.717) is 0 Å². The summed E-state index contributed by atoms with van der Waals surface area (Å²) < 4.78 is 36.3. The molecule has 6 heteroatoms. The summed E-state index contributed by atoms with van der Waals surface area (Å²) in [4.78, 5) is 3.27. The summed E-state index contributed by atoms with van der Waals surface area (Å²) in [5.41, 5.74) is 3.57. The van der Waals surface area contributed by atoms with Crippen LogP contribution in [0, 0.1) is 0 Å². The van der Waals surface area contributed by atoms with E-state index >= 15 is 0 Å². The Morgan fingerprint density at radius 3 is 2.33 bits per heavy atom. The SMILES string of the molecule is Nc1ccnc(Cl)c1C(F)(F)F. The fourth-order valence-corrected chi connectivity index (χ4v) is 1.00. The molecule has 0 aliphatic rings. The highest BCUT2D eigenvalue weighted by molar-refractivity contribution is 6.30. The molecule has 0 saturated carbocycles. The fraction of sp³-hybridized carbons (Fsp3) is 0.167. The number of hydrogen-bond donors (Lipinski definition) is 1. The van der Waals surface area contributed by atoms with Gasteiger partial charge < -0.3 is 5.73 Å². The first-order valence-electron chi connectivity index (χ1n) is 2.90. The molecule has 0 aromatic carbocycles. The predicted molar refractivity (Wildman–Crippen MR) is 38.7 cm³/mol. The van der Waals surface area contributed by atoms with Crippen LogP contribution in [0.4, 0.5) is 18.9 Å². The molecule has 1 rings (SSSR count). The second-order valence-electron chi connectivity index (χ2n) is 2.06. The van der Waals surface area contributed by atoms with Crippen LogP contribution < -0.4 is 5.73 Å². The Morgan fingerprint density at radius 1 is 1.42 bits per heavy atom. The number of alkyl halides is 3. The maximum Gasteiger partial charge on any atom is 0.421 e. The molecule has 2 nitrogen and oxygen atoms in total. The minimum absolute atomic E-state index is 0.414. The fourth-order valence-electron chi connectivity index (χ4n) is 0.731. The molecule has 0 unspecified atom stereocenters. The molecule has 1 heterocycles. The molecule has 0 radical (unpaired) electrons. The van der Waals surface area contributed by atoms with Gasteiger partial charge in [-0.25, -0.2) is 4.98 Å². The number of aromatic nitrogens is 1. The third-order valence-electron chi connectivity index (χ3n) is 1.22. The van der Waals surface area contributed by atoms with Gasteiger partial charge in [0.15, 0.2) is 0 Å². The number of nitrogens with two attached hydrogens (primary N) is 1. The van der Waals surface area contributed by atoms with E-state index in [0.717, 1.165) is 12.3 Å². The minimum Gasteiger partial charge on any atom is -0.398 e. The molecule has 0 bridgehead atoms. The summed E-state index contributed by atoms with van der Waals surface area (Å²) in [6.45, 7) is 0. The van der Waals surface area contributed by atoms with E-state index in [1.807, 2.05) is 0 Å². The number of nitrogen functional groups attached to an aromatic ring is 1. The van der Waals surface area contributed by atoms with Crippen LogP contribution in [-0.2, 0) is 6.18 Å². The molecular formula is C6H4ClF3N2. The Hall–Kier alpha value is -0.970. The van der Waals surface area contributed by atoms with E-state index in [4.69, 9.17) is 17.3 Å². The molecule has 12 heavy (non-hydrogen) atoms. The highest BCUT2D eigenvalue weighted by Crippen LogP contribution is 2.36. The lowest BCUT2D eigenvalue weighted by atomic mass is 10.2. The second-order valence-corrected chi connectivity index (χ2v) is 2.42. The van der Waals surface area contributed by atoms with E-state index in [2.05, 4.69) is 4.98 Å². The highest BCUT2D eigenvalue weighted by Gasteiger charge is 2.36. The van der Waals surface area contributed by atoms with E-state index in [-0.39, 0.29) is 0 Å². The molecular weight excluding hydrogens is 193 g/mol. The molecule has 0 atom stereocenters. The highest BCUT2D eigenvalue weighted by atomic mass is 35.5. The maximum absolute atomic E-state index is 12.1. The number of pyridine rings is 1. The van der Waals surface area contributed by atoms with E-state index in [1.165, 1.54) is 0 Å². The summed E-state index contributed by atoms with van der Waals surface area (Å²) in [6, 6.07) is 1.05. The molecule has 0 aliphatic heterocycles. The zero-order chi connectivity index (χ0) is 9.35. The van der Waals surface area contributed by atoms with Gasteiger partial charge in [-0.3, -0.25) is 0 Å². The quantitative estimate of drug-likeness (QED) is 0.647. The number of nitrogens with zero attached hydrogens (tertiary/aromatic N) is 1. The summed E-state index contributed by atoms with van der Waals surface area (Å²) in [7, 11) is 0. The number of hydrogen-bond acceptors (Lipinski definition) is 2. The van der Waals surface area contributed by atoms with Crippen molar-refractivity contribution < 1.29 is 13.2 Å². The van der Waals surface area contributed by atoms with E-state index < -0.39 is 22.6 Å². The van der Waals surface area contributed by atoms with Crippen LogP contribution >= 0.6 is 11.6 Å². The molecule has 0 amide bonds. The van der Waals surface area contributed by atoms with Crippen molar-refractivity contribution in [3.05, 3.63) is 23.0 Å². The lowest BCUT2D eigenvalue weighted by Crippen LogP contribution is -2.10. The second kappa shape index (κ2) is 2.82. The Kier molecular flexibility index (Phi) is 2.14. The molecule has 0 spiro atoms. The Morgan fingerprint density at radius 2 is 2.00 bits per heavy atom. The topological polar surface area (TPSA) is 38.9 Å². The molecule has 1 aromatic rings. The van der Waals surface area contributed by atoms with Crippen molar-refractivity contribution in [1.29, 1.82) is 0 Å². The molecule has 1 aromatic heterocycles. The average Bonchev–Trinajstić information content (AvgIpc) is 1.82. The van der Waals surface area contributed by atoms with E-state index in [1.54, 1.807) is 0 Å². The van der Waals surface area contributed by atoms with Gasteiger partial charge in [0.05, 0.1) is 0 Å². The first-order valence-corrected chi connectivity index (χ1v) is 3.28. The first-order chi connectivity index (χ1) is 5.43. The van der Waals surface area contributed by atoms with Crippen molar-refractivity contribution in [2.45, 2.75) is 6.18 Å². The third-order valence-corrected chi connectivity index (χ3v) is 1.51. The molecule has 2 N–H and O–H groups in total. The van der Waals surface area contributed by atoms with Crippen LogP contribution in [0.3, 0.4) is 0 Å². The van der Waals surface area contributed by atoms with E-state index in [9.17, 15) is 13.2 Å². The molecule has 0 aliphatic carbocycles. The molecule has 0 fully saturated rings. The lowest BCUT2D eigenvalue weighted by molar-refractivity contribution is -0.137. The van der Waals surface area contributed by atoms with Crippen LogP contribution in [0.1, 0.15) is 5.56 Å². The summed E-state index contributed by atoms with van der Waals surface area (Å²) in [5.74, 6) is 0. The largest absolute Gasteiger partial charge is 0.421 e. The van der Waals surface area contributed by atoms with Crippen LogP contribution in [0.5, 0.6) is 0 Å². The van der Waals surface area contributed by atoms with Gasteiger partial charge in [-0.15, -0.1) is 0 Å². The smallest absolute Gasteiger partial charge is 0.398 e. The van der Waals surface area contributed by atoms with Gasteiger partial charge in [0.2, 0.25) is 0 Å². The van der Waals surface area contributed by atoms with Gasteiger partial charge in [0, 0.05) is 11.9 Å². The standard InChI is InChI=1S/C6H4ClF3N2/c7-5-4(6(8,9)10)3(11)1-2-12-5/h1-2H,(H2,11,12). The van der Waals surface area contributed by atoms with Crippen LogP contribution in [-0.4, -0.2) is 4.98 Å². The van der Waals surface area contributed by atoms with Crippen molar-refractivity contribution in [2.24, 2.45) is 0 Å². The Balaban J connectivity index is 3.31. The van der Waals surface area contributed by atoms with Crippen LogP contribution in [0.25, 0.3) is 0 Å². The predicted octanol–water partition coefficient (Wildman–Crippen LogP) is 2.34. The van der Waals surface area contributed by atoms with Gasteiger partial charge in [-0.2, -0.15) is 13.2 Å². The van der Waals surface area contributed by atoms with Crippen molar-refractivity contribution >= 4 is 17.3 Å². The van der Waals surface area contributed by atoms with Crippen molar-refractivity contribution in [3.8, 4) is 0 Å². The summed E-state index contributed by atoms with van der Waals surface area (Å²) >= 11 is 5.20. The molecule has 0 saturated heterocycles. The number of anilines is 1. The van der Waals surface area contributed by atoms with Crippen molar-refractivity contribution in [2.75, 3.05) is 5.73 Å². The van der Waals surface area contributed by atoms with Crippen LogP contribution in [0.15, 0.2) is 12.3 Å². The summed E-state index contributed by atoms with van der Waals surface area (Å²) in [5, 5.41) is -0.623. The van der Waals surface area contributed by atoms with Gasteiger partial charge in [0.25, 0.3) is 0 Å². The van der Waals surface area contributed by atoms with Gasteiger partial charge in [-0.1, -0.05) is 11.6 Å². The number of rotatable bonds is 0. The first kappa shape index (κ1) is 9.12. The van der Waals surface area contributed by atoms with Crippen molar-refractivity contribution in [3.63, 3.8) is 0 Å². The third kappa shape index (κ3) is 1.61. The van der Waals surface area contributed by atoms with Crippen LogP contribution in [0.2, 0.25) is 5.15 Å². The Bertz CT molecular complexity index is 277. The van der Waals surface area contributed by atoms with Crippen molar-refractivity contribution in [1.82, 2.24) is 4.98 Å². The lowest BCUT2D eigenvalue weighted by Gasteiger charge is -2.09. The average molecular weight is 197 g/mol. The van der Waals surface area contributed by atoms with Gasteiger partial charge in [0.1, 0.15) is 10.7 Å². The monoisotopic (exact) mass is 196 g/mol. The Labute approximate surface area is 71.2 Å². The zero-order valence-corrected chi connectivity index (χ0v) is 6.45. The molecule has 66 valence electrons. The minimum atomic E-state index is -4.55. The normalized spacial score (nSPS) is 11.7. The van der Waals surface area contributed by atoms with Gasteiger partial charge >= 0.3 is 6.18 Å². The number of halogens is 4. The summed E-state index contributed by atoms with van der Waals surface area (Å²) in [6.07, 6.45) is -3.43. The van der Waals surface area contributed by atoms with Gasteiger partial charge in [-0.05, 0) is 6.07 Å².